The minimum atomic E-state index is -0.522. The van der Waals surface area contributed by atoms with E-state index in [2.05, 4.69) is 4.98 Å². The molecule has 0 N–H and O–H groups in total. The van der Waals surface area contributed by atoms with Gasteiger partial charge in [0.25, 0.3) is 17.3 Å². The van der Waals surface area contributed by atoms with Crippen molar-refractivity contribution < 1.29 is 18.7 Å². The number of aromatic nitrogens is 2. The Hall–Kier alpha value is -2.74. The molecule has 2 aromatic heterocycles. The van der Waals surface area contributed by atoms with Gasteiger partial charge in [-0.3, -0.25) is 9.59 Å². The molecule has 27 heavy (non-hydrogen) atoms. The van der Waals surface area contributed by atoms with Gasteiger partial charge in [0.2, 0.25) is 0 Å². The maximum absolute atomic E-state index is 13.7. The van der Waals surface area contributed by atoms with Crippen LogP contribution in [0.1, 0.15) is 23.2 Å². The van der Waals surface area contributed by atoms with Crippen molar-refractivity contribution in [2.24, 2.45) is 7.05 Å². The summed E-state index contributed by atoms with van der Waals surface area (Å²) in [6, 6.07) is 6.02. The van der Waals surface area contributed by atoms with Gasteiger partial charge in [-0.05, 0) is 30.7 Å². The molecule has 2 fully saturated rings. The van der Waals surface area contributed by atoms with E-state index in [-0.39, 0.29) is 29.0 Å². The van der Waals surface area contributed by atoms with Crippen LogP contribution in [0.25, 0.3) is 0 Å². The van der Waals surface area contributed by atoms with Crippen molar-refractivity contribution in [3.63, 3.8) is 0 Å². The zero-order valence-electron chi connectivity index (χ0n) is 14.9. The number of hydrogen-bond acceptors (Lipinski definition) is 5. The summed E-state index contributed by atoms with van der Waals surface area (Å²) in [6.45, 7) is 1.20. The predicted molar refractivity (Wildman–Crippen MR) is 94.1 cm³/mol. The first kappa shape index (κ1) is 17.7. The first-order valence-corrected chi connectivity index (χ1v) is 8.83. The molecule has 7 nitrogen and oxygen atoms in total. The molecule has 4 heterocycles. The van der Waals surface area contributed by atoms with Crippen LogP contribution >= 0.6 is 0 Å². The number of nitrogens with zero attached hydrogens (tertiary/aromatic N) is 3. The van der Waals surface area contributed by atoms with Crippen molar-refractivity contribution in [2.45, 2.75) is 24.5 Å². The number of aryl methyl sites for hydroxylation is 1. The zero-order chi connectivity index (χ0) is 19.0. The molecule has 0 unspecified atom stereocenters. The number of hydrogen-bond donors (Lipinski definition) is 0. The fourth-order valence-electron chi connectivity index (χ4n) is 3.73. The van der Waals surface area contributed by atoms with Gasteiger partial charge in [0.1, 0.15) is 11.7 Å². The third-order valence-corrected chi connectivity index (χ3v) is 5.14. The normalized spacial score (nSPS) is 24.5. The minimum Gasteiger partial charge on any atom is -0.470 e. The molecule has 142 valence electrons. The Balaban J connectivity index is 1.43. The average Bonchev–Trinajstić information content (AvgIpc) is 3.26. The van der Waals surface area contributed by atoms with E-state index in [0.717, 1.165) is 0 Å². The number of pyridine rings is 2. The van der Waals surface area contributed by atoms with Crippen LogP contribution in [0.2, 0.25) is 0 Å². The Labute approximate surface area is 155 Å². The molecule has 0 saturated carbocycles. The smallest absolute Gasteiger partial charge is 0.263 e. The molecule has 0 radical (unpaired) electrons. The molecular weight excluding hydrogens is 353 g/mol. The summed E-state index contributed by atoms with van der Waals surface area (Å²) in [7, 11) is 1.61. The highest BCUT2D eigenvalue weighted by Gasteiger charge is 2.48. The molecule has 2 saturated heterocycles. The lowest BCUT2D eigenvalue weighted by atomic mass is 9.98. The summed E-state index contributed by atoms with van der Waals surface area (Å²) in [6.07, 6.45) is 3.95. The minimum absolute atomic E-state index is 0.0399. The maximum atomic E-state index is 13.7. The highest BCUT2D eigenvalue weighted by Crippen LogP contribution is 2.37. The summed E-state index contributed by atoms with van der Waals surface area (Å²) < 4.78 is 26.7. The Morgan fingerprint density at radius 3 is 3.07 bits per heavy atom. The summed E-state index contributed by atoms with van der Waals surface area (Å²) in [5.74, 6) is -0.847. The van der Waals surface area contributed by atoms with Crippen LogP contribution in [-0.2, 0) is 11.8 Å². The predicted octanol–water partition coefficient (Wildman–Crippen LogP) is 1.37. The monoisotopic (exact) mass is 373 g/mol. The molecule has 1 spiro atoms. The van der Waals surface area contributed by atoms with Gasteiger partial charge in [0.15, 0.2) is 5.82 Å². The van der Waals surface area contributed by atoms with E-state index >= 15 is 0 Å². The van der Waals surface area contributed by atoms with Crippen LogP contribution in [0.5, 0.6) is 5.88 Å². The summed E-state index contributed by atoms with van der Waals surface area (Å²) in [5.41, 5.74) is -0.688. The number of likely N-dealkylation sites (tertiary alicyclic amines) is 1. The van der Waals surface area contributed by atoms with Crippen LogP contribution in [0, 0.1) is 5.82 Å². The van der Waals surface area contributed by atoms with E-state index in [0.29, 0.717) is 32.5 Å². The van der Waals surface area contributed by atoms with Gasteiger partial charge in [-0.2, -0.15) is 0 Å². The van der Waals surface area contributed by atoms with E-state index in [1.165, 1.54) is 22.9 Å². The Bertz CT molecular complexity index is 931. The van der Waals surface area contributed by atoms with E-state index in [1.54, 1.807) is 30.3 Å². The van der Waals surface area contributed by atoms with Crippen molar-refractivity contribution in [2.75, 3.05) is 19.7 Å². The summed E-state index contributed by atoms with van der Waals surface area (Å²) >= 11 is 0. The Morgan fingerprint density at radius 1 is 1.41 bits per heavy atom. The van der Waals surface area contributed by atoms with Crippen LogP contribution < -0.4 is 10.3 Å². The molecular formula is C19H20FN3O4. The average molecular weight is 373 g/mol. The number of rotatable bonds is 3. The molecule has 2 aliphatic rings. The molecule has 2 aromatic rings. The van der Waals surface area contributed by atoms with Crippen LogP contribution in [-0.4, -0.2) is 51.8 Å². The second-order valence-corrected chi connectivity index (χ2v) is 7.04. The molecule has 2 aliphatic heterocycles. The molecule has 0 bridgehead atoms. The third kappa shape index (κ3) is 3.32. The topological polar surface area (TPSA) is 73.7 Å². The highest BCUT2D eigenvalue weighted by atomic mass is 19.1. The first-order valence-electron chi connectivity index (χ1n) is 8.83. The first-order chi connectivity index (χ1) is 13.0. The van der Waals surface area contributed by atoms with Crippen molar-refractivity contribution in [1.82, 2.24) is 14.5 Å². The van der Waals surface area contributed by atoms with Crippen LogP contribution in [0.15, 0.2) is 41.5 Å². The Morgan fingerprint density at radius 2 is 2.26 bits per heavy atom. The number of ether oxygens (including phenoxy) is 2. The maximum Gasteiger partial charge on any atom is 0.263 e. The van der Waals surface area contributed by atoms with Gasteiger partial charge in [0, 0.05) is 32.4 Å². The number of carbonyl (C=O) groups excluding carboxylic acids is 1. The van der Waals surface area contributed by atoms with Gasteiger partial charge in [-0.1, -0.05) is 0 Å². The van der Waals surface area contributed by atoms with E-state index in [4.69, 9.17) is 9.47 Å². The largest absolute Gasteiger partial charge is 0.470 e. The standard InChI is InChI=1S/C19H20FN3O4/c1-22-8-3-4-14(17(22)24)18(25)23-9-6-19(12-23)10-13(11-26-19)27-16-15(20)5-2-7-21-16/h2-5,7-8,13H,6,9-12H2,1H3/t13-,19+/m1/s1. The van der Waals surface area contributed by atoms with Crippen molar-refractivity contribution in [1.29, 1.82) is 0 Å². The lowest BCUT2D eigenvalue weighted by molar-refractivity contribution is 0.00974. The summed E-state index contributed by atoms with van der Waals surface area (Å²) in [5, 5.41) is 0. The fraction of sp³-hybridized carbons (Fsp3) is 0.421. The highest BCUT2D eigenvalue weighted by molar-refractivity contribution is 5.94. The molecule has 8 heteroatoms. The van der Waals surface area contributed by atoms with Crippen LogP contribution in [0.3, 0.4) is 0 Å². The third-order valence-electron chi connectivity index (χ3n) is 5.14. The van der Waals surface area contributed by atoms with Gasteiger partial charge >= 0.3 is 0 Å². The fourth-order valence-corrected chi connectivity index (χ4v) is 3.73. The van der Waals surface area contributed by atoms with Gasteiger partial charge < -0.3 is 18.9 Å². The van der Waals surface area contributed by atoms with E-state index in [1.807, 2.05) is 0 Å². The molecule has 4 rings (SSSR count). The summed E-state index contributed by atoms with van der Waals surface area (Å²) in [4.78, 5) is 30.5. The number of carbonyl (C=O) groups is 1. The molecule has 0 aliphatic carbocycles. The number of halogens is 1. The second kappa shape index (κ2) is 6.77. The SMILES string of the molecule is Cn1cccc(C(=O)N2CC[C@]3(C[C@@H](Oc4ncccc4F)CO3)C2)c1=O. The molecule has 1 amide bonds. The second-order valence-electron chi connectivity index (χ2n) is 7.04. The molecule has 0 aromatic carbocycles. The zero-order valence-corrected chi connectivity index (χ0v) is 14.9. The lowest BCUT2D eigenvalue weighted by Gasteiger charge is -2.23. The quantitative estimate of drug-likeness (QED) is 0.813. The van der Waals surface area contributed by atoms with E-state index < -0.39 is 11.4 Å². The molecule has 2 atom stereocenters. The van der Waals surface area contributed by atoms with Crippen molar-refractivity contribution in [3.05, 3.63) is 58.4 Å². The van der Waals surface area contributed by atoms with Crippen molar-refractivity contribution in [3.8, 4) is 5.88 Å². The lowest BCUT2D eigenvalue weighted by Crippen LogP contribution is -2.38. The number of amides is 1. The van der Waals surface area contributed by atoms with Gasteiger partial charge in [-0.15, -0.1) is 0 Å². The van der Waals surface area contributed by atoms with Gasteiger partial charge in [0.05, 0.1) is 18.8 Å². The van der Waals surface area contributed by atoms with Crippen LogP contribution in [0.4, 0.5) is 4.39 Å². The van der Waals surface area contributed by atoms with Crippen molar-refractivity contribution >= 4 is 5.91 Å². The van der Waals surface area contributed by atoms with E-state index in [9.17, 15) is 14.0 Å². The van der Waals surface area contributed by atoms with Gasteiger partial charge in [-0.25, -0.2) is 9.37 Å². The Kier molecular flexibility index (Phi) is 4.43.